The maximum atomic E-state index is 9.90. The third kappa shape index (κ3) is 11.1. The Hall–Kier alpha value is -0.780. The smallest absolute Gasteiger partial charge is 0.303 e. The molecule has 0 amide bonds. The summed E-state index contributed by atoms with van der Waals surface area (Å²) in [7, 11) is 0. The van der Waals surface area contributed by atoms with Crippen molar-refractivity contribution < 1.29 is 15.0 Å². The van der Waals surface area contributed by atoms with E-state index in [1.807, 2.05) is 13.0 Å². The van der Waals surface area contributed by atoms with E-state index in [9.17, 15) is 4.79 Å². The summed E-state index contributed by atoms with van der Waals surface area (Å²) in [6, 6.07) is 8.71. The van der Waals surface area contributed by atoms with E-state index in [0.717, 1.165) is 6.42 Å². The van der Waals surface area contributed by atoms with Crippen LogP contribution in [0.4, 0.5) is 0 Å². The van der Waals surface area contributed by atoms with Gasteiger partial charge in [0.05, 0.1) is 0 Å². The molecule has 1 unspecified atom stereocenters. The van der Waals surface area contributed by atoms with Gasteiger partial charge in [-0.2, -0.15) is 0 Å². The number of carbonyl (C=O) groups is 1. The number of halogens is 1. The first-order valence-electron chi connectivity index (χ1n) is 4.62. The van der Waals surface area contributed by atoms with Crippen LogP contribution in [-0.2, 0) is 4.79 Å². The molecular formula is C11H15IO3. The second kappa shape index (κ2) is 8.52. The van der Waals surface area contributed by atoms with Crippen LogP contribution in [0.5, 0.6) is 5.75 Å². The lowest BCUT2D eigenvalue weighted by Gasteiger charge is -1.95. The number of aromatic hydroxyl groups is 1. The summed E-state index contributed by atoms with van der Waals surface area (Å²) in [5.41, 5.74) is 0. The van der Waals surface area contributed by atoms with E-state index in [1.54, 1.807) is 24.3 Å². The van der Waals surface area contributed by atoms with Gasteiger partial charge in [0.1, 0.15) is 5.75 Å². The van der Waals surface area contributed by atoms with E-state index < -0.39 is 5.97 Å². The van der Waals surface area contributed by atoms with Crippen LogP contribution < -0.4 is 0 Å². The van der Waals surface area contributed by atoms with Crippen molar-refractivity contribution in [2.75, 3.05) is 0 Å². The van der Waals surface area contributed by atoms with E-state index in [0.29, 0.717) is 16.1 Å². The highest BCUT2D eigenvalue weighted by Gasteiger charge is 1.99. The Bertz CT molecular complexity index is 272. The number of hydrogen-bond acceptors (Lipinski definition) is 2. The van der Waals surface area contributed by atoms with Crippen molar-refractivity contribution in [3.63, 3.8) is 0 Å². The van der Waals surface area contributed by atoms with E-state index in [2.05, 4.69) is 22.6 Å². The number of rotatable bonds is 3. The molecule has 1 aromatic rings. The monoisotopic (exact) mass is 322 g/mol. The molecule has 0 fully saturated rings. The second-order valence-electron chi connectivity index (χ2n) is 3.05. The number of carboxylic acids is 1. The van der Waals surface area contributed by atoms with Gasteiger partial charge in [0.25, 0.3) is 0 Å². The van der Waals surface area contributed by atoms with Crippen LogP contribution >= 0.6 is 22.6 Å². The van der Waals surface area contributed by atoms with E-state index in [-0.39, 0.29) is 0 Å². The number of aliphatic carboxylic acids is 1. The van der Waals surface area contributed by atoms with Crippen molar-refractivity contribution in [1.29, 1.82) is 0 Å². The summed E-state index contributed by atoms with van der Waals surface area (Å²) in [5, 5.41) is 16.8. The topological polar surface area (TPSA) is 57.5 Å². The Morgan fingerprint density at radius 3 is 2.13 bits per heavy atom. The minimum absolute atomic E-state index is 0.296. The summed E-state index contributed by atoms with van der Waals surface area (Å²) in [6.07, 6.45) is 1.07. The third-order valence-corrected chi connectivity index (χ3v) is 2.13. The fourth-order valence-corrected chi connectivity index (χ4v) is 1.06. The highest BCUT2D eigenvalue weighted by Crippen LogP contribution is 2.06. The van der Waals surface area contributed by atoms with Gasteiger partial charge in [-0.05, 0) is 18.6 Å². The molecule has 0 bridgehead atoms. The Morgan fingerprint density at radius 2 is 1.93 bits per heavy atom. The van der Waals surface area contributed by atoms with Gasteiger partial charge >= 0.3 is 5.97 Å². The Kier molecular flexibility index (Phi) is 8.08. The van der Waals surface area contributed by atoms with Gasteiger partial charge in [-0.25, -0.2) is 0 Å². The molecule has 15 heavy (non-hydrogen) atoms. The van der Waals surface area contributed by atoms with Crippen LogP contribution in [-0.4, -0.2) is 20.1 Å². The van der Waals surface area contributed by atoms with Crippen LogP contribution in [0.15, 0.2) is 30.3 Å². The molecule has 84 valence electrons. The average Bonchev–Trinajstić information content (AvgIpc) is 2.17. The molecule has 0 aliphatic heterocycles. The van der Waals surface area contributed by atoms with Crippen molar-refractivity contribution in [2.24, 2.45) is 0 Å². The van der Waals surface area contributed by atoms with Crippen molar-refractivity contribution in [2.45, 2.75) is 23.7 Å². The summed E-state index contributed by atoms with van der Waals surface area (Å²) >= 11 is 2.21. The Morgan fingerprint density at radius 1 is 1.40 bits per heavy atom. The number of para-hydroxylation sites is 1. The first-order chi connectivity index (χ1) is 7.02. The summed E-state index contributed by atoms with van der Waals surface area (Å²) in [6.45, 7) is 2.00. The number of alkyl halides is 1. The van der Waals surface area contributed by atoms with Crippen LogP contribution in [0.3, 0.4) is 0 Å². The highest BCUT2D eigenvalue weighted by atomic mass is 127. The predicted octanol–water partition coefficient (Wildman–Crippen LogP) is 3.07. The molecule has 0 saturated heterocycles. The molecule has 1 aromatic carbocycles. The fourth-order valence-electron chi connectivity index (χ4n) is 0.750. The lowest BCUT2D eigenvalue weighted by atomic mass is 10.3. The van der Waals surface area contributed by atoms with Gasteiger partial charge in [-0.1, -0.05) is 47.7 Å². The number of phenols is 1. The van der Waals surface area contributed by atoms with Crippen LogP contribution in [0, 0.1) is 0 Å². The summed E-state index contributed by atoms with van der Waals surface area (Å²) in [5.74, 6) is -0.379. The number of hydrogen-bond donors (Lipinski definition) is 2. The van der Waals surface area contributed by atoms with E-state index in [4.69, 9.17) is 10.2 Å². The van der Waals surface area contributed by atoms with Gasteiger partial charge in [0, 0.05) is 10.3 Å². The van der Waals surface area contributed by atoms with E-state index in [1.165, 1.54) is 0 Å². The van der Waals surface area contributed by atoms with Crippen molar-refractivity contribution >= 4 is 28.6 Å². The van der Waals surface area contributed by atoms with Gasteiger partial charge in [-0.3, -0.25) is 4.79 Å². The SMILES string of the molecule is CC(I)CCC(=O)O.Oc1ccccc1. The van der Waals surface area contributed by atoms with Crippen molar-refractivity contribution in [3.05, 3.63) is 30.3 Å². The zero-order valence-electron chi connectivity index (χ0n) is 8.56. The molecule has 4 heteroatoms. The van der Waals surface area contributed by atoms with Crippen molar-refractivity contribution in [1.82, 2.24) is 0 Å². The molecule has 1 rings (SSSR count). The zero-order valence-corrected chi connectivity index (χ0v) is 10.7. The number of benzene rings is 1. The molecule has 0 aliphatic rings. The summed E-state index contributed by atoms with van der Waals surface area (Å²) in [4.78, 5) is 9.90. The molecular weight excluding hydrogens is 307 g/mol. The molecule has 0 heterocycles. The minimum Gasteiger partial charge on any atom is -0.508 e. The number of phenolic OH excluding ortho intramolecular Hbond substituents is 1. The predicted molar refractivity (Wildman–Crippen MR) is 68.5 cm³/mol. The third-order valence-electron chi connectivity index (χ3n) is 1.51. The first-order valence-corrected chi connectivity index (χ1v) is 5.87. The average molecular weight is 322 g/mol. The van der Waals surface area contributed by atoms with Gasteiger partial charge in [0.15, 0.2) is 0 Å². The van der Waals surface area contributed by atoms with Crippen LogP contribution in [0.25, 0.3) is 0 Å². The van der Waals surface area contributed by atoms with Crippen LogP contribution in [0.1, 0.15) is 19.8 Å². The Labute approximate surface area is 103 Å². The maximum Gasteiger partial charge on any atom is 0.303 e. The molecule has 3 nitrogen and oxygen atoms in total. The second-order valence-corrected chi connectivity index (χ2v) is 5.18. The standard InChI is InChI=1S/C6H6O.C5H9IO2/c7-6-4-2-1-3-5-6;1-4(6)2-3-5(7)8/h1-5,7H;4H,2-3H2,1H3,(H,7,8). The number of carboxylic acid groups (broad SMARTS) is 1. The first kappa shape index (κ1) is 14.2. The van der Waals surface area contributed by atoms with E-state index >= 15 is 0 Å². The molecule has 0 aromatic heterocycles. The molecule has 0 spiro atoms. The largest absolute Gasteiger partial charge is 0.508 e. The lowest BCUT2D eigenvalue weighted by molar-refractivity contribution is -0.137. The molecule has 0 aliphatic carbocycles. The lowest BCUT2D eigenvalue weighted by Crippen LogP contribution is -1.98. The van der Waals surface area contributed by atoms with Gasteiger partial charge in [-0.15, -0.1) is 0 Å². The minimum atomic E-state index is -0.700. The summed E-state index contributed by atoms with van der Waals surface area (Å²) < 4.78 is 0.476. The van der Waals surface area contributed by atoms with Crippen LogP contribution in [0.2, 0.25) is 0 Å². The normalized spacial score (nSPS) is 11.1. The molecule has 1 atom stereocenters. The van der Waals surface area contributed by atoms with Crippen molar-refractivity contribution in [3.8, 4) is 5.75 Å². The van der Waals surface area contributed by atoms with Gasteiger partial charge < -0.3 is 10.2 Å². The Balaban J connectivity index is 0.000000262. The fraction of sp³-hybridized carbons (Fsp3) is 0.364. The molecule has 0 saturated carbocycles. The molecule has 0 radical (unpaired) electrons. The van der Waals surface area contributed by atoms with Gasteiger partial charge in [0.2, 0.25) is 0 Å². The zero-order chi connectivity index (χ0) is 11.7. The molecule has 2 N–H and O–H groups in total. The highest BCUT2D eigenvalue weighted by molar-refractivity contribution is 14.1. The maximum absolute atomic E-state index is 9.90. The quantitative estimate of drug-likeness (QED) is 0.664.